The van der Waals surface area contributed by atoms with Crippen LogP contribution in [0.5, 0.6) is 0 Å². The maximum atomic E-state index is 14.6. The molecule has 0 aliphatic carbocycles. The van der Waals surface area contributed by atoms with Crippen LogP contribution in [-0.4, -0.2) is 24.4 Å². The monoisotopic (exact) mass is 433 g/mol. The summed E-state index contributed by atoms with van der Waals surface area (Å²) in [6.07, 6.45) is 3.61. The smallest absolute Gasteiger partial charge is 0.291 e. The van der Waals surface area contributed by atoms with Crippen molar-refractivity contribution in [3.05, 3.63) is 77.5 Å². The van der Waals surface area contributed by atoms with E-state index in [0.717, 1.165) is 18.4 Å². The van der Waals surface area contributed by atoms with E-state index in [1.807, 2.05) is 12.1 Å². The Kier molecular flexibility index (Phi) is 5.17. The summed E-state index contributed by atoms with van der Waals surface area (Å²) in [5.41, 5.74) is 3.78. The van der Waals surface area contributed by atoms with Gasteiger partial charge < -0.3 is 19.5 Å². The number of halogens is 1. The Morgan fingerprint density at radius 1 is 1.19 bits per heavy atom. The van der Waals surface area contributed by atoms with Gasteiger partial charge in [0.15, 0.2) is 5.76 Å². The number of anilines is 3. The molecule has 3 aromatic rings. The van der Waals surface area contributed by atoms with Gasteiger partial charge in [0.2, 0.25) is 5.91 Å². The van der Waals surface area contributed by atoms with E-state index in [2.05, 4.69) is 29.3 Å². The van der Waals surface area contributed by atoms with Crippen molar-refractivity contribution in [2.75, 3.05) is 21.7 Å². The highest BCUT2D eigenvalue weighted by Gasteiger charge is 2.28. The summed E-state index contributed by atoms with van der Waals surface area (Å²) in [4.78, 5) is 28.5. The molecule has 2 aromatic carbocycles. The molecule has 1 N–H and O–H groups in total. The number of hydrogen-bond donors (Lipinski definition) is 1. The highest BCUT2D eigenvalue weighted by Crippen LogP contribution is 2.34. The molecule has 0 spiro atoms. The molecule has 1 atom stereocenters. The molecule has 5 rings (SSSR count). The van der Waals surface area contributed by atoms with E-state index in [4.69, 9.17) is 4.42 Å². The minimum Gasteiger partial charge on any atom is -0.459 e. The van der Waals surface area contributed by atoms with Crippen LogP contribution in [0.15, 0.2) is 59.2 Å². The summed E-state index contributed by atoms with van der Waals surface area (Å²) in [6, 6.07) is 14.7. The summed E-state index contributed by atoms with van der Waals surface area (Å²) >= 11 is 0. The highest BCUT2D eigenvalue weighted by molar-refractivity contribution is 6.03. The third kappa shape index (κ3) is 3.64. The maximum absolute atomic E-state index is 14.6. The van der Waals surface area contributed by atoms with Crippen LogP contribution in [-0.2, 0) is 17.8 Å². The summed E-state index contributed by atoms with van der Waals surface area (Å²) in [6.45, 7) is 3.21. The Morgan fingerprint density at radius 3 is 2.81 bits per heavy atom. The Hall–Kier alpha value is -3.61. The molecule has 2 aliphatic heterocycles. The first-order chi connectivity index (χ1) is 15.5. The predicted octanol–water partition coefficient (Wildman–Crippen LogP) is 4.75. The van der Waals surface area contributed by atoms with E-state index in [-0.39, 0.29) is 17.4 Å². The first-order valence-electron chi connectivity index (χ1n) is 10.8. The van der Waals surface area contributed by atoms with Crippen LogP contribution in [0, 0.1) is 5.82 Å². The summed E-state index contributed by atoms with van der Waals surface area (Å²) < 4.78 is 20.1. The lowest BCUT2D eigenvalue weighted by Gasteiger charge is -2.24. The minimum absolute atomic E-state index is 0.0846. The van der Waals surface area contributed by atoms with Gasteiger partial charge in [0.25, 0.3) is 5.91 Å². The zero-order valence-electron chi connectivity index (χ0n) is 17.8. The van der Waals surface area contributed by atoms with E-state index >= 15 is 0 Å². The van der Waals surface area contributed by atoms with Gasteiger partial charge in [-0.3, -0.25) is 9.59 Å². The molecule has 32 heavy (non-hydrogen) atoms. The molecule has 6 nitrogen and oxygen atoms in total. The van der Waals surface area contributed by atoms with Crippen LogP contribution in [0.2, 0.25) is 0 Å². The maximum Gasteiger partial charge on any atom is 0.291 e. The van der Waals surface area contributed by atoms with Crippen molar-refractivity contribution in [2.45, 2.75) is 38.8 Å². The Bertz CT molecular complexity index is 1190. The number of carbonyl (C=O) groups excluding carboxylic acids is 2. The number of para-hydroxylation sites is 1. The summed E-state index contributed by atoms with van der Waals surface area (Å²) in [7, 11) is 0. The van der Waals surface area contributed by atoms with Gasteiger partial charge >= 0.3 is 0 Å². The summed E-state index contributed by atoms with van der Waals surface area (Å²) in [5.74, 6) is -0.853. The van der Waals surface area contributed by atoms with E-state index in [1.165, 1.54) is 34.5 Å². The van der Waals surface area contributed by atoms with Crippen molar-refractivity contribution in [3.63, 3.8) is 0 Å². The van der Waals surface area contributed by atoms with Crippen molar-refractivity contribution < 1.29 is 18.4 Å². The molecule has 1 unspecified atom stereocenters. The number of benzene rings is 2. The van der Waals surface area contributed by atoms with Crippen LogP contribution in [0.4, 0.5) is 21.5 Å². The van der Waals surface area contributed by atoms with Gasteiger partial charge in [-0.25, -0.2) is 4.39 Å². The number of nitrogens with zero attached hydrogens (tertiary/aromatic N) is 2. The van der Waals surface area contributed by atoms with Crippen molar-refractivity contribution in [3.8, 4) is 0 Å². The first-order valence-corrected chi connectivity index (χ1v) is 10.8. The summed E-state index contributed by atoms with van der Waals surface area (Å²) in [5, 5.41) is 2.72. The Morgan fingerprint density at radius 2 is 2.03 bits per heavy atom. The molecule has 2 amide bonds. The highest BCUT2D eigenvalue weighted by atomic mass is 19.1. The zero-order chi connectivity index (χ0) is 22.2. The Balaban J connectivity index is 1.32. The molecule has 7 heteroatoms. The van der Waals surface area contributed by atoms with Crippen LogP contribution in [0.25, 0.3) is 0 Å². The molecule has 164 valence electrons. The standard InChI is InChI=1S/C25H24FN3O3/c1-16-13-17-5-2-3-6-21(17)29(16)15-18-10-12-32-24(18)25(31)27-19-8-9-22(20(26)14-19)28-11-4-7-23(28)30/h2-3,5-6,8-10,12,14,16H,4,7,11,13,15H2,1H3,(H,27,31). The second-order valence-electron chi connectivity index (χ2n) is 8.35. The van der Waals surface area contributed by atoms with Gasteiger partial charge in [-0.2, -0.15) is 0 Å². The lowest BCUT2D eigenvalue weighted by Crippen LogP contribution is -2.29. The van der Waals surface area contributed by atoms with E-state index in [0.29, 0.717) is 31.2 Å². The zero-order valence-corrected chi connectivity index (χ0v) is 17.8. The normalized spacial score (nSPS) is 17.7. The Labute approximate surface area is 185 Å². The molecule has 0 saturated carbocycles. The molecule has 0 bridgehead atoms. The number of furan rings is 1. The predicted molar refractivity (Wildman–Crippen MR) is 120 cm³/mol. The number of carbonyl (C=O) groups is 2. The molecule has 0 radical (unpaired) electrons. The molecular weight excluding hydrogens is 409 g/mol. The fourth-order valence-corrected chi connectivity index (χ4v) is 4.61. The van der Waals surface area contributed by atoms with Gasteiger partial charge in [0.05, 0.1) is 12.0 Å². The van der Waals surface area contributed by atoms with E-state index < -0.39 is 11.7 Å². The quantitative estimate of drug-likeness (QED) is 0.631. The number of fused-ring (bicyclic) bond motifs is 1. The first kappa shape index (κ1) is 20.3. The molecule has 2 aliphatic rings. The average Bonchev–Trinajstić information content (AvgIpc) is 3.48. The third-order valence-corrected chi connectivity index (χ3v) is 6.21. The topological polar surface area (TPSA) is 65.8 Å². The van der Waals surface area contributed by atoms with Crippen LogP contribution >= 0.6 is 0 Å². The molecule has 1 aromatic heterocycles. The molecule has 3 heterocycles. The van der Waals surface area contributed by atoms with Crippen molar-refractivity contribution in [1.29, 1.82) is 0 Å². The van der Waals surface area contributed by atoms with E-state index in [9.17, 15) is 14.0 Å². The van der Waals surface area contributed by atoms with Gasteiger partial charge in [-0.05, 0) is 55.7 Å². The minimum atomic E-state index is -0.541. The van der Waals surface area contributed by atoms with Gasteiger partial charge in [-0.1, -0.05) is 18.2 Å². The number of nitrogens with one attached hydrogen (secondary N) is 1. The molecule has 1 fully saturated rings. The second kappa shape index (κ2) is 8.15. The van der Waals surface area contributed by atoms with Crippen molar-refractivity contribution >= 4 is 28.9 Å². The van der Waals surface area contributed by atoms with Crippen LogP contribution in [0.1, 0.15) is 41.4 Å². The van der Waals surface area contributed by atoms with Crippen molar-refractivity contribution in [2.24, 2.45) is 0 Å². The molecular formula is C25H24FN3O3. The van der Waals surface area contributed by atoms with Gasteiger partial charge in [-0.15, -0.1) is 0 Å². The lowest BCUT2D eigenvalue weighted by atomic mass is 10.1. The van der Waals surface area contributed by atoms with Crippen LogP contribution in [0.3, 0.4) is 0 Å². The van der Waals surface area contributed by atoms with Gasteiger partial charge in [0, 0.05) is 42.5 Å². The SMILES string of the molecule is CC1Cc2ccccc2N1Cc1ccoc1C(=O)Nc1ccc(N2CCCC2=O)c(F)c1. The van der Waals surface area contributed by atoms with Gasteiger partial charge in [0.1, 0.15) is 5.82 Å². The lowest BCUT2D eigenvalue weighted by molar-refractivity contribution is -0.117. The molecule has 1 saturated heterocycles. The number of rotatable bonds is 5. The largest absolute Gasteiger partial charge is 0.459 e. The fraction of sp³-hybridized carbons (Fsp3) is 0.280. The van der Waals surface area contributed by atoms with Crippen molar-refractivity contribution in [1.82, 2.24) is 0 Å². The number of amides is 2. The second-order valence-corrected chi connectivity index (χ2v) is 8.35. The van der Waals surface area contributed by atoms with E-state index in [1.54, 1.807) is 12.1 Å². The fourth-order valence-electron chi connectivity index (χ4n) is 4.61. The third-order valence-electron chi connectivity index (χ3n) is 6.21. The average molecular weight is 433 g/mol. The number of hydrogen-bond acceptors (Lipinski definition) is 4. The van der Waals surface area contributed by atoms with Crippen LogP contribution < -0.4 is 15.1 Å².